The van der Waals surface area contributed by atoms with Crippen molar-refractivity contribution in [1.82, 2.24) is 5.32 Å². The molecule has 0 saturated carbocycles. The van der Waals surface area contributed by atoms with Crippen LogP contribution in [-0.2, 0) is 0 Å². The van der Waals surface area contributed by atoms with Gasteiger partial charge in [-0.1, -0.05) is 17.7 Å². The molecule has 0 spiro atoms. The van der Waals surface area contributed by atoms with Gasteiger partial charge in [-0.05, 0) is 52.7 Å². The summed E-state index contributed by atoms with van der Waals surface area (Å²) in [6.45, 7) is 13.1. The van der Waals surface area contributed by atoms with Gasteiger partial charge in [0.1, 0.15) is 6.17 Å². The van der Waals surface area contributed by atoms with Gasteiger partial charge >= 0.3 is 0 Å². The second-order valence-corrected chi connectivity index (χ2v) is 5.15. The molecule has 17 heavy (non-hydrogen) atoms. The zero-order chi connectivity index (χ0) is 12.7. The molecule has 0 saturated heterocycles. The lowest BCUT2D eigenvalue weighted by atomic mass is 10.0. The van der Waals surface area contributed by atoms with E-state index < -0.39 is 0 Å². The molecule has 1 unspecified atom stereocenters. The monoisotopic (exact) mass is 230 g/mol. The molecule has 1 atom stereocenters. The van der Waals surface area contributed by atoms with E-state index in [1.165, 1.54) is 33.8 Å². The minimum atomic E-state index is 0.343. The van der Waals surface area contributed by atoms with Gasteiger partial charge < -0.3 is 10.2 Å². The molecule has 1 N–H and O–H groups in total. The third-order valence-corrected chi connectivity index (χ3v) is 3.59. The lowest BCUT2D eigenvalue weighted by Gasteiger charge is -2.29. The Morgan fingerprint density at radius 3 is 1.94 bits per heavy atom. The highest BCUT2D eigenvalue weighted by Gasteiger charge is 2.26. The lowest BCUT2D eigenvalue weighted by molar-refractivity contribution is 0.659. The number of anilines is 1. The minimum absolute atomic E-state index is 0.343. The van der Waals surface area contributed by atoms with Crippen LogP contribution in [0.5, 0.6) is 0 Å². The molecular formula is C15H22N2. The summed E-state index contributed by atoms with van der Waals surface area (Å²) in [6.07, 6.45) is 0.343. The van der Waals surface area contributed by atoms with E-state index in [0.717, 1.165) is 0 Å². The SMILES string of the molecule is CC1=C(C)N(c2c(C)cc(C)cc2C)C(C)N1. The highest BCUT2D eigenvalue weighted by Crippen LogP contribution is 2.33. The summed E-state index contributed by atoms with van der Waals surface area (Å²) in [5, 5.41) is 3.49. The van der Waals surface area contributed by atoms with Crippen LogP contribution in [0, 0.1) is 20.8 Å². The Morgan fingerprint density at radius 1 is 1.00 bits per heavy atom. The fourth-order valence-electron chi connectivity index (χ4n) is 2.87. The van der Waals surface area contributed by atoms with Crippen LogP contribution in [0.2, 0.25) is 0 Å². The molecule has 0 aliphatic carbocycles. The van der Waals surface area contributed by atoms with Gasteiger partial charge in [-0.2, -0.15) is 0 Å². The van der Waals surface area contributed by atoms with Gasteiger partial charge in [0, 0.05) is 17.1 Å². The van der Waals surface area contributed by atoms with Crippen LogP contribution < -0.4 is 10.2 Å². The third-order valence-electron chi connectivity index (χ3n) is 3.59. The van der Waals surface area contributed by atoms with E-state index in [0.29, 0.717) is 6.17 Å². The van der Waals surface area contributed by atoms with Gasteiger partial charge in [-0.15, -0.1) is 0 Å². The van der Waals surface area contributed by atoms with Crippen molar-refractivity contribution >= 4 is 5.69 Å². The second-order valence-electron chi connectivity index (χ2n) is 5.15. The Hall–Kier alpha value is -1.44. The van der Waals surface area contributed by atoms with Crippen LogP contribution >= 0.6 is 0 Å². The van der Waals surface area contributed by atoms with Crippen molar-refractivity contribution in [2.45, 2.75) is 47.7 Å². The Balaban J connectivity index is 2.55. The summed E-state index contributed by atoms with van der Waals surface area (Å²) in [4.78, 5) is 2.40. The molecule has 1 aliphatic rings. The molecular weight excluding hydrogens is 208 g/mol. The molecule has 0 fully saturated rings. The van der Waals surface area contributed by atoms with E-state index in [-0.39, 0.29) is 0 Å². The number of hydrogen-bond donors (Lipinski definition) is 1. The topological polar surface area (TPSA) is 15.3 Å². The third kappa shape index (κ3) is 1.92. The van der Waals surface area contributed by atoms with Gasteiger partial charge in [0.25, 0.3) is 0 Å². The van der Waals surface area contributed by atoms with E-state index >= 15 is 0 Å². The lowest BCUT2D eigenvalue weighted by Crippen LogP contribution is -2.35. The largest absolute Gasteiger partial charge is 0.367 e. The molecule has 2 rings (SSSR count). The maximum absolute atomic E-state index is 3.49. The summed E-state index contributed by atoms with van der Waals surface area (Å²) in [5.41, 5.74) is 7.99. The maximum atomic E-state index is 3.49. The first-order chi connectivity index (χ1) is 7.91. The van der Waals surface area contributed by atoms with Crippen molar-refractivity contribution in [3.8, 4) is 0 Å². The van der Waals surface area contributed by atoms with E-state index in [2.05, 4.69) is 63.9 Å². The smallest absolute Gasteiger partial charge is 0.100 e. The zero-order valence-corrected chi connectivity index (χ0v) is 11.7. The molecule has 0 bridgehead atoms. The Morgan fingerprint density at radius 2 is 1.53 bits per heavy atom. The fraction of sp³-hybridized carbons (Fsp3) is 0.467. The normalized spacial score (nSPS) is 19.9. The number of allylic oxidation sites excluding steroid dienone is 2. The molecule has 2 nitrogen and oxygen atoms in total. The fourth-order valence-corrected chi connectivity index (χ4v) is 2.87. The van der Waals surface area contributed by atoms with Crippen molar-refractivity contribution in [1.29, 1.82) is 0 Å². The number of benzene rings is 1. The number of nitrogens with one attached hydrogen (secondary N) is 1. The quantitative estimate of drug-likeness (QED) is 0.792. The number of nitrogens with zero attached hydrogens (tertiary/aromatic N) is 1. The standard InChI is InChI=1S/C15H22N2/c1-9-7-10(2)15(11(3)8-9)17-13(5)12(4)16-14(17)6/h7-8,14,16H,1-6H3. The van der Waals surface area contributed by atoms with Crippen LogP contribution in [-0.4, -0.2) is 6.17 Å². The van der Waals surface area contributed by atoms with Gasteiger partial charge in [-0.25, -0.2) is 0 Å². The number of hydrogen-bond acceptors (Lipinski definition) is 2. The maximum Gasteiger partial charge on any atom is 0.100 e. The van der Waals surface area contributed by atoms with Crippen molar-refractivity contribution in [2.75, 3.05) is 4.90 Å². The highest BCUT2D eigenvalue weighted by atomic mass is 15.3. The average Bonchev–Trinajstić information content (AvgIpc) is 2.43. The predicted octanol–water partition coefficient (Wildman–Crippen LogP) is 3.62. The molecule has 1 heterocycles. The first-order valence-electron chi connectivity index (χ1n) is 6.23. The predicted molar refractivity (Wildman–Crippen MR) is 74.1 cm³/mol. The first-order valence-corrected chi connectivity index (χ1v) is 6.23. The van der Waals surface area contributed by atoms with E-state index in [4.69, 9.17) is 0 Å². The summed E-state index contributed by atoms with van der Waals surface area (Å²) in [5.74, 6) is 0. The van der Waals surface area contributed by atoms with Crippen molar-refractivity contribution in [2.24, 2.45) is 0 Å². The Bertz CT molecular complexity index is 463. The van der Waals surface area contributed by atoms with Gasteiger partial charge in [0.05, 0.1) is 0 Å². The molecule has 92 valence electrons. The minimum Gasteiger partial charge on any atom is -0.367 e. The Kier molecular flexibility index (Phi) is 2.90. The van der Waals surface area contributed by atoms with Crippen LogP contribution in [0.15, 0.2) is 23.5 Å². The molecule has 1 aromatic rings. The van der Waals surface area contributed by atoms with E-state index in [9.17, 15) is 0 Å². The molecule has 1 aliphatic heterocycles. The molecule has 0 radical (unpaired) electrons. The van der Waals surface area contributed by atoms with Crippen molar-refractivity contribution in [3.63, 3.8) is 0 Å². The van der Waals surface area contributed by atoms with Crippen LogP contribution in [0.25, 0.3) is 0 Å². The average molecular weight is 230 g/mol. The molecule has 1 aromatic carbocycles. The van der Waals surface area contributed by atoms with Crippen LogP contribution in [0.1, 0.15) is 37.5 Å². The Labute approximate surface area is 104 Å². The van der Waals surface area contributed by atoms with E-state index in [1.807, 2.05) is 0 Å². The molecule has 0 aromatic heterocycles. The first kappa shape index (κ1) is 12.0. The van der Waals surface area contributed by atoms with Crippen molar-refractivity contribution in [3.05, 3.63) is 40.2 Å². The number of rotatable bonds is 1. The van der Waals surface area contributed by atoms with Gasteiger partial charge in [0.2, 0.25) is 0 Å². The highest BCUT2D eigenvalue weighted by molar-refractivity contribution is 5.65. The molecule has 2 heteroatoms. The number of aryl methyl sites for hydroxylation is 3. The second kappa shape index (κ2) is 4.10. The van der Waals surface area contributed by atoms with E-state index in [1.54, 1.807) is 0 Å². The molecule has 0 amide bonds. The summed E-state index contributed by atoms with van der Waals surface area (Å²) in [7, 11) is 0. The summed E-state index contributed by atoms with van der Waals surface area (Å²) < 4.78 is 0. The zero-order valence-electron chi connectivity index (χ0n) is 11.7. The summed E-state index contributed by atoms with van der Waals surface area (Å²) in [6, 6.07) is 4.52. The van der Waals surface area contributed by atoms with Crippen LogP contribution in [0.4, 0.5) is 5.69 Å². The van der Waals surface area contributed by atoms with Crippen LogP contribution in [0.3, 0.4) is 0 Å². The van der Waals surface area contributed by atoms with Crippen molar-refractivity contribution < 1.29 is 0 Å². The summed E-state index contributed by atoms with van der Waals surface area (Å²) >= 11 is 0. The van der Waals surface area contributed by atoms with Gasteiger partial charge in [-0.3, -0.25) is 0 Å². The van der Waals surface area contributed by atoms with Gasteiger partial charge in [0.15, 0.2) is 0 Å².